The lowest BCUT2D eigenvalue weighted by Gasteiger charge is -2.27. The zero-order chi connectivity index (χ0) is 29.8. The second-order valence-corrected chi connectivity index (χ2v) is 10.3. The van der Waals surface area contributed by atoms with Crippen LogP contribution in [0.15, 0.2) is 103 Å². The number of para-hydroxylation sites is 2. The van der Waals surface area contributed by atoms with Crippen molar-refractivity contribution in [1.29, 1.82) is 0 Å². The Labute approximate surface area is 247 Å². The van der Waals surface area contributed by atoms with E-state index in [-0.39, 0.29) is 6.10 Å². The lowest BCUT2D eigenvalue weighted by molar-refractivity contribution is -0.137. The quantitative estimate of drug-likeness (QED) is 0.188. The third-order valence-corrected chi connectivity index (χ3v) is 7.32. The molecule has 1 unspecified atom stereocenters. The van der Waals surface area contributed by atoms with Gasteiger partial charge in [0.15, 0.2) is 0 Å². The van der Waals surface area contributed by atoms with Crippen molar-refractivity contribution >= 4 is 11.4 Å². The molecule has 0 saturated carbocycles. The molecule has 0 fully saturated rings. The van der Waals surface area contributed by atoms with Gasteiger partial charge in [-0.3, -0.25) is 0 Å². The molecule has 5 rings (SSSR count). The van der Waals surface area contributed by atoms with Gasteiger partial charge >= 0.3 is 6.18 Å². The summed E-state index contributed by atoms with van der Waals surface area (Å²) in [6.07, 6.45) is -0.388. The molecular formula is C35H40F3N3O. The molecule has 2 N–H and O–H groups in total. The van der Waals surface area contributed by atoms with Crippen LogP contribution in [-0.4, -0.2) is 33.7 Å². The Hall–Kier alpha value is -3.81. The van der Waals surface area contributed by atoms with Crippen molar-refractivity contribution < 1.29 is 17.9 Å². The zero-order valence-corrected chi connectivity index (χ0v) is 24.3. The van der Waals surface area contributed by atoms with E-state index in [0.717, 1.165) is 63.0 Å². The van der Waals surface area contributed by atoms with Gasteiger partial charge in [0.05, 0.1) is 5.56 Å². The molecule has 4 aromatic rings. The number of hydrogen-bond donors (Lipinski definition) is 2. The van der Waals surface area contributed by atoms with E-state index >= 15 is 0 Å². The van der Waals surface area contributed by atoms with Gasteiger partial charge < -0.3 is 20.3 Å². The number of alkyl halides is 3. The third kappa shape index (κ3) is 8.60. The second-order valence-electron chi connectivity index (χ2n) is 10.3. The summed E-state index contributed by atoms with van der Waals surface area (Å²) in [5.74, 6) is 0.429. The molecule has 0 spiro atoms. The van der Waals surface area contributed by atoms with Crippen molar-refractivity contribution in [3.8, 4) is 5.75 Å². The van der Waals surface area contributed by atoms with E-state index in [2.05, 4.69) is 64.1 Å². The van der Waals surface area contributed by atoms with Crippen LogP contribution in [0.25, 0.3) is 0 Å². The highest BCUT2D eigenvalue weighted by molar-refractivity contribution is 5.71. The fourth-order valence-corrected chi connectivity index (χ4v) is 5.15. The monoisotopic (exact) mass is 575 g/mol. The molecule has 0 aromatic heterocycles. The number of nitrogens with one attached hydrogen (secondary N) is 2. The van der Waals surface area contributed by atoms with Gasteiger partial charge in [0, 0.05) is 24.3 Å². The molecule has 42 heavy (non-hydrogen) atoms. The summed E-state index contributed by atoms with van der Waals surface area (Å²) in [7, 11) is 3.87. The topological polar surface area (TPSA) is 36.5 Å². The van der Waals surface area contributed by atoms with Crippen LogP contribution in [0.1, 0.15) is 41.2 Å². The number of halogens is 3. The molecule has 0 bridgehead atoms. The lowest BCUT2D eigenvalue weighted by Crippen LogP contribution is -2.22. The standard InChI is InChI=1S/C18H22N2.C17H18F3NO/c1-19-13-6-14-20-17-9-4-2-7-15(17)11-12-16-8-3-5-10-18(16)20;1-21-12-11-16(13-5-3-2-4-6-13)22-15-9-7-14(8-10-15)17(18,19)20/h2-5,7-10,19H,6,11-14H2,1H3;2-10,16,21H,11-12H2,1H3. The molecule has 0 amide bonds. The van der Waals surface area contributed by atoms with Crippen LogP contribution >= 0.6 is 0 Å². The van der Waals surface area contributed by atoms with Crippen LogP contribution in [0.3, 0.4) is 0 Å². The van der Waals surface area contributed by atoms with Gasteiger partial charge in [0.2, 0.25) is 0 Å². The van der Waals surface area contributed by atoms with Crippen LogP contribution in [0.4, 0.5) is 24.5 Å². The van der Waals surface area contributed by atoms with Crippen molar-refractivity contribution in [1.82, 2.24) is 10.6 Å². The summed E-state index contributed by atoms with van der Waals surface area (Å²) in [5, 5.41) is 6.30. The molecule has 1 aliphatic rings. The Balaban J connectivity index is 0.000000193. The van der Waals surface area contributed by atoms with Gasteiger partial charge in [-0.25, -0.2) is 0 Å². The summed E-state index contributed by atoms with van der Waals surface area (Å²) in [4.78, 5) is 2.50. The Morgan fingerprint density at radius 2 is 1.26 bits per heavy atom. The molecule has 1 heterocycles. The summed E-state index contributed by atoms with van der Waals surface area (Å²) in [6, 6.07) is 32.1. The Bertz CT molecular complexity index is 1310. The minimum atomic E-state index is -4.33. The normalized spacial score (nSPS) is 13.2. The van der Waals surface area contributed by atoms with Gasteiger partial charge in [0.25, 0.3) is 0 Å². The highest BCUT2D eigenvalue weighted by atomic mass is 19.4. The molecular weight excluding hydrogens is 535 g/mol. The number of ether oxygens (including phenoxy) is 1. The summed E-state index contributed by atoms with van der Waals surface area (Å²) < 4.78 is 43.6. The van der Waals surface area contributed by atoms with E-state index in [1.165, 1.54) is 34.6 Å². The van der Waals surface area contributed by atoms with Crippen molar-refractivity contribution in [2.45, 2.75) is 38.0 Å². The summed E-state index contributed by atoms with van der Waals surface area (Å²) >= 11 is 0. The van der Waals surface area contributed by atoms with Gasteiger partial charge in [0.1, 0.15) is 11.9 Å². The first-order valence-corrected chi connectivity index (χ1v) is 14.5. The van der Waals surface area contributed by atoms with Crippen LogP contribution in [0.5, 0.6) is 5.75 Å². The van der Waals surface area contributed by atoms with E-state index in [9.17, 15) is 13.2 Å². The van der Waals surface area contributed by atoms with Gasteiger partial charge in [-0.2, -0.15) is 13.2 Å². The van der Waals surface area contributed by atoms with E-state index in [1.807, 2.05) is 44.4 Å². The Morgan fingerprint density at radius 1 is 0.714 bits per heavy atom. The first-order valence-electron chi connectivity index (χ1n) is 14.5. The highest BCUT2D eigenvalue weighted by Gasteiger charge is 2.30. The first-order chi connectivity index (χ1) is 20.4. The molecule has 0 saturated heterocycles. The summed E-state index contributed by atoms with van der Waals surface area (Å²) in [6.45, 7) is 2.87. The van der Waals surface area contributed by atoms with Gasteiger partial charge in [-0.15, -0.1) is 0 Å². The van der Waals surface area contributed by atoms with Crippen LogP contribution in [0, 0.1) is 0 Å². The average molecular weight is 576 g/mol. The number of fused-ring (bicyclic) bond motifs is 2. The molecule has 4 aromatic carbocycles. The fourth-order valence-electron chi connectivity index (χ4n) is 5.15. The molecule has 0 aliphatic carbocycles. The maximum atomic E-state index is 12.6. The van der Waals surface area contributed by atoms with Crippen molar-refractivity contribution in [2.75, 3.05) is 38.6 Å². The third-order valence-electron chi connectivity index (χ3n) is 7.32. The predicted molar refractivity (Wildman–Crippen MR) is 166 cm³/mol. The van der Waals surface area contributed by atoms with E-state index in [1.54, 1.807) is 0 Å². The smallest absolute Gasteiger partial charge is 0.416 e. The van der Waals surface area contributed by atoms with Crippen LogP contribution in [-0.2, 0) is 19.0 Å². The number of hydrogen-bond acceptors (Lipinski definition) is 4. The second kappa shape index (κ2) is 15.4. The minimum Gasteiger partial charge on any atom is -0.486 e. The Morgan fingerprint density at radius 3 is 1.81 bits per heavy atom. The lowest BCUT2D eigenvalue weighted by atomic mass is 10.0. The number of benzene rings is 4. The maximum absolute atomic E-state index is 12.6. The predicted octanol–water partition coefficient (Wildman–Crippen LogP) is 7.97. The zero-order valence-electron chi connectivity index (χ0n) is 24.3. The van der Waals surface area contributed by atoms with E-state index in [0.29, 0.717) is 5.75 Å². The number of rotatable bonds is 10. The van der Waals surface area contributed by atoms with E-state index in [4.69, 9.17) is 4.74 Å². The van der Waals surface area contributed by atoms with Crippen molar-refractivity contribution in [2.24, 2.45) is 0 Å². The Kier molecular flexibility index (Phi) is 11.4. The van der Waals surface area contributed by atoms with Gasteiger partial charge in [-0.1, -0.05) is 66.7 Å². The maximum Gasteiger partial charge on any atom is 0.416 e. The number of anilines is 2. The fraction of sp³-hybridized carbons (Fsp3) is 0.314. The van der Waals surface area contributed by atoms with Crippen molar-refractivity contribution in [3.63, 3.8) is 0 Å². The molecule has 1 atom stereocenters. The largest absolute Gasteiger partial charge is 0.486 e. The molecule has 222 valence electrons. The van der Waals surface area contributed by atoms with Crippen LogP contribution in [0.2, 0.25) is 0 Å². The number of aryl methyl sites for hydroxylation is 2. The summed E-state index contributed by atoms with van der Waals surface area (Å²) in [5.41, 5.74) is 6.02. The molecule has 4 nitrogen and oxygen atoms in total. The SMILES string of the molecule is CNCCC(Oc1ccc(C(F)(F)F)cc1)c1ccccc1.CNCCCN1c2ccccc2CCc2ccccc21. The van der Waals surface area contributed by atoms with E-state index < -0.39 is 11.7 Å². The van der Waals surface area contributed by atoms with Gasteiger partial charge in [-0.05, 0) is 99.5 Å². The minimum absolute atomic E-state index is 0.203. The number of nitrogens with zero attached hydrogens (tertiary/aromatic N) is 1. The first kappa shape index (κ1) is 31.1. The average Bonchev–Trinajstić information content (AvgIpc) is 3.17. The van der Waals surface area contributed by atoms with Crippen molar-refractivity contribution in [3.05, 3.63) is 125 Å². The molecule has 7 heteroatoms. The highest BCUT2D eigenvalue weighted by Crippen LogP contribution is 2.36. The van der Waals surface area contributed by atoms with Crippen LogP contribution < -0.4 is 20.3 Å². The molecule has 1 aliphatic heterocycles. The molecule has 0 radical (unpaired) electrons.